The summed E-state index contributed by atoms with van der Waals surface area (Å²) in [5.41, 5.74) is 0.959. The zero-order valence-corrected chi connectivity index (χ0v) is 11.5. The molecule has 108 valence electrons. The number of nitrogens with one attached hydrogen (secondary N) is 1. The van der Waals surface area contributed by atoms with Crippen molar-refractivity contribution < 1.29 is 14.3 Å². The molecule has 2 rings (SSSR count). The van der Waals surface area contributed by atoms with Crippen molar-refractivity contribution >= 4 is 11.9 Å². The van der Waals surface area contributed by atoms with E-state index in [2.05, 4.69) is 10.4 Å². The molecule has 0 aliphatic rings. The van der Waals surface area contributed by atoms with Crippen molar-refractivity contribution in [3.05, 3.63) is 41.3 Å². The van der Waals surface area contributed by atoms with E-state index in [9.17, 15) is 9.18 Å². The Labute approximate surface area is 120 Å². The number of hydrogen-bond donors (Lipinski definition) is 2. The molecule has 0 spiro atoms. The lowest BCUT2D eigenvalue weighted by atomic mass is 10.1. The largest absolute Gasteiger partial charge is 0.465 e. The highest BCUT2D eigenvalue weighted by Gasteiger charge is 2.15. The van der Waals surface area contributed by atoms with Gasteiger partial charge in [0, 0.05) is 6.07 Å². The summed E-state index contributed by atoms with van der Waals surface area (Å²) in [4.78, 5) is 10.8. The molecule has 0 aliphatic carbocycles. The number of anilines is 1. The predicted molar refractivity (Wildman–Crippen MR) is 74.0 cm³/mol. The number of aromatic nitrogens is 2. The van der Waals surface area contributed by atoms with E-state index in [0.29, 0.717) is 11.4 Å². The van der Waals surface area contributed by atoms with Gasteiger partial charge in [-0.1, -0.05) is 13.8 Å². The topological polar surface area (TPSA) is 90.9 Å². The van der Waals surface area contributed by atoms with E-state index in [-0.39, 0.29) is 17.3 Å². The van der Waals surface area contributed by atoms with Crippen LogP contribution in [0.4, 0.5) is 15.0 Å². The maximum Gasteiger partial charge on any atom is 0.410 e. The highest BCUT2D eigenvalue weighted by atomic mass is 19.1. The third-order valence-corrected chi connectivity index (χ3v) is 2.87. The summed E-state index contributed by atoms with van der Waals surface area (Å²) >= 11 is 0. The first-order chi connectivity index (χ1) is 9.92. The fourth-order valence-electron chi connectivity index (χ4n) is 1.81. The monoisotopic (exact) mass is 288 g/mol. The van der Waals surface area contributed by atoms with E-state index in [0.717, 1.165) is 6.07 Å². The van der Waals surface area contributed by atoms with Gasteiger partial charge in [-0.3, -0.25) is 5.32 Å². The van der Waals surface area contributed by atoms with Crippen molar-refractivity contribution in [1.29, 1.82) is 5.26 Å². The Hall–Kier alpha value is -2.88. The van der Waals surface area contributed by atoms with Crippen molar-refractivity contribution in [3.63, 3.8) is 0 Å². The lowest BCUT2D eigenvalue weighted by molar-refractivity contribution is 0.209. The van der Waals surface area contributed by atoms with E-state index in [1.54, 1.807) is 12.1 Å². The fraction of sp³-hybridized carbons (Fsp3) is 0.214. The normalized spacial score (nSPS) is 10.4. The third kappa shape index (κ3) is 3.00. The van der Waals surface area contributed by atoms with Gasteiger partial charge in [0.2, 0.25) is 0 Å². The van der Waals surface area contributed by atoms with Gasteiger partial charge in [-0.2, -0.15) is 10.4 Å². The van der Waals surface area contributed by atoms with Crippen molar-refractivity contribution in [1.82, 2.24) is 9.78 Å². The average molecular weight is 288 g/mol. The minimum absolute atomic E-state index is 0.0940. The first kappa shape index (κ1) is 14.5. The number of rotatable bonds is 3. The van der Waals surface area contributed by atoms with Gasteiger partial charge in [-0.25, -0.2) is 13.9 Å². The Balaban J connectivity index is 2.56. The molecular weight excluding hydrogens is 275 g/mol. The molecule has 0 saturated carbocycles. The van der Waals surface area contributed by atoms with Crippen LogP contribution in [0.15, 0.2) is 24.3 Å². The van der Waals surface area contributed by atoms with Gasteiger partial charge in [0.05, 0.1) is 16.9 Å². The standard InChI is InChI=1S/C14H13FN4O2/c1-8(2)12-6-13(17-14(20)21)19(18-12)10-3-4-11(15)9(5-10)7-16/h3-6,8,17H,1-2H3,(H,20,21). The number of nitrogens with zero attached hydrogens (tertiary/aromatic N) is 3. The zero-order chi connectivity index (χ0) is 15.6. The summed E-state index contributed by atoms with van der Waals surface area (Å²) in [6.45, 7) is 3.84. The molecule has 0 saturated heterocycles. The van der Waals surface area contributed by atoms with Crippen LogP contribution >= 0.6 is 0 Å². The predicted octanol–water partition coefficient (Wildman–Crippen LogP) is 3.10. The van der Waals surface area contributed by atoms with Crippen LogP contribution in [0.3, 0.4) is 0 Å². The number of nitriles is 1. The number of halogens is 1. The van der Waals surface area contributed by atoms with Crippen LogP contribution in [-0.4, -0.2) is 21.0 Å². The van der Waals surface area contributed by atoms with Gasteiger partial charge in [-0.15, -0.1) is 0 Å². The third-order valence-electron chi connectivity index (χ3n) is 2.87. The molecule has 0 bridgehead atoms. The Morgan fingerprint density at radius 3 is 2.76 bits per heavy atom. The maximum absolute atomic E-state index is 13.4. The SMILES string of the molecule is CC(C)c1cc(NC(=O)O)n(-c2ccc(F)c(C#N)c2)n1. The number of carboxylic acid groups (broad SMARTS) is 1. The molecule has 2 aromatic rings. The molecule has 0 unspecified atom stereocenters. The molecule has 1 heterocycles. The van der Waals surface area contributed by atoms with Gasteiger partial charge in [0.25, 0.3) is 0 Å². The molecule has 0 atom stereocenters. The van der Waals surface area contributed by atoms with Gasteiger partial charge >= 0.3 is 6.09 Å². The Morgan fingerprint density at radius 2 is 2.19 bits per heavy atom. The van der Waals surface area contributed by atoms with Crippen LogP contribution in [0.1, 0.15) is 31.0 Å². The highest BCUT2D eigenvalue weighted by molar-refractivity contribution is 5.82. The molecule has 0 radical (unpaired) electrons. The van der Waals surface area contributed by atoms with E-state index in [4.69, 9.17) is 10.4 Å². The summed E-state index contributed by atoms with van der Waals surface area (Å²) in [5.74, 6) is -0.302. The summed E-state index contributed by atoms with van der Waals surface area (Å²) in [5, 5.41) is 24.3. The average Bonchev–Trinajstić information content (AvgIpc) is 2.82. The number of hydrogen-bond acceptors (Lipinski definition) is 3. The number of benzene rings is 1. The maximum atomic E-state index is 13.4. The van der Waals surface area contributed by atoms with Crippen LogP contribution < -0.4 is 5.32 Å². The second kappa shape index (κ2) is 5.63. The second-order valence-electron chi connectivity index (χ2n) is 4.73. The van der Waals surface area contributed by atoms with Crippen LogP contribution in [0, 0.1) is 17.1 Å². The molecule has 7 heteroatoms. The smallest absolute Gasteiger partial charge is 0.410 e. The van der Waals surface area contributed by atoms with E-state index >= 15 is 0 Å². The van der Waals surface area contributed by atoms with E-state index < -0.39 is 11.9 Å². The zero-order valence-electron chi connectivity index (χ0n) is 11.5. The van der Waals surface area contributed by atoms with Gasteiger partial charge in [-0.05, 0) is 24.1 Å². The molecule has 2 N–H and O–H groups in total. The van der Waals surface area contributed by atoms with Gasteiger partial charge in [0.15, 0.2) is 0 Å². The van der Waals surface area contributed by atoms with Crippen LogP contribution in [0.2, 0.25) is 0 Å². The van der Waals surface area contributed by atoms with Crippen LogP contribution in [0.5, 0.6) is 0 Å². The van der Waals surface area contributed by atoms with E-state index in [1.165, 1.54) is 16.8 Å². The molecule has 6 nitrogen and oxygen atoms in total. The quantitative estimate of drug-likeness (QED) is 0.907. The van der Waals surface area contributed by atoms with Crippen LogP contribution in [0.25, 0.3) is 5.69 Å². The van der Waals surface area contributed by atoms with Crippen LogP contribution in [-0.2, 0) is 0 Å². The number of carbonyl (C=O) groups is 1. The van der Waals surface area contributed by atoms with Crippen molar-refractivity contribution in [2.75, 3.05) is 5.32 Å². The minimum Gasteiger partial charge on any atom is -0.465 e. The summed E-state index contributed by atoms with van der Waals surface area (Å²) < 4.78 is 14.7. The number of amides is 1. The first-order valence-electron chi connectivity index (χ1n) is 6.22. The lowest BCUT2D eigenvalue weighted by Gasteiger charge is -2.07. The molecule has 1 aromatic heterocycles. The molecule has 21 heavy (non-hydrogen) atoms. The Morgan fingerprint density at radius 1 is 1.48 bits per heavy atom. The lowest BCUT2D eigenvalue weighted by Crippen LogP contribution is -2.12. The van der Waals surface area contributed by atoms with Crippen molar-refractivity contribution in [2.45, 2.75) is 19.8 Å². The molecule has 1 aromatic carbocycles. The summed E-state index contributed by atoms with van der Waals surface area (Å²) in [7, 11) is 0. The molecule has 0 aliphatic heterocycles. The van der Waals surface area contributed by atoms with Crippen molar-refractivity contribution in [3.8, 4) is 11.8 Å². The second-order valence-corrected chi connectivity index (χ2v) is 4.73. The van der Waals surface area contributed by atoms with Gasteiger partial charge in [0.1, 0.15) is 17.7 Å². The Bertz CT molecular complexity index is 731. The first-order valence-corrected chi connectivity index (χ1v) is 6.22. The molecular formula is C14H13FN4O2. The summed E-state index contributed by atoms with van der Waals surface area (Å²) in [6, 6.07) is 7.25. The Kier molecular flexibility index (Phi) is 3.89. The fourth-order valence-corrected chi connectivity index (χ4v) is 1.81. The summed E-state index contributed by atoms with van der Waals surface area (Å²) in [6.07, 6.45) is -1.23. The highest BCUT2D eigenvalue weighted by Crippen LogP contribution is 2.23. The molecule has 1 amide bonds. The van der Waals surface area contributed by atoms with E-state index in [1.807, 2.05) is 13.8 Å². The van der Waals surface area contributed by atoms with Crippen molar-refractivity contribution in [2.24, 2.45) is 0 Å². The molecule has 0 fully saturated rings. The van der Waals surface area contributed by atoms with Gasteiger partial charge < -0.3 is 5.11 Å². The minimum atomic E-state index is -1.23.